The summed E-state index contributed by atoms with van der Waals surface area (Å²) in [5, 5.41) is 3.67. The molecule has 2 N–H and O–H groups in total. The fourth-order valence-corrected chi connectivity index (χ4v) is 5.06. The molecule has 2 aliphatic rings. The van der Waals surface area contributed by atoms with E-state index in [0.717, 1.165) is 57.7 Å². The van der Waals surface area contributed by atoms with Crippen LogP contribution in [-0.2, 0) is 27.1 Å². The van der Waals surface area contributed by atoms with Gasteiger partial charge in [0.2, 0.25) is 5.91 Å². The number of carbonyl (C=O) groups excluding carboxylic acids is 2. The highest BCUT2D eigenvalue weighted by atomic mass is 32.1. The van der Waals surface area contributed by atoms with E-state index in [9.17, 15) is 9.59 Å². The molecule has 1 atom stereocenters. The highest BCUT2D eigenvalue weighted by Gasteiger charge is 2.29. The van der Waals surface area contributed by atoms with Gasteiger partial charge in [-0.3, -0.25) is 4.79 Å². The van der Waals surface area contributed by atoms with E-state index in [1.807, 2.05) is 6.92 Å². The van der Waals surface area contributed by atoms with E-state index in [4.69, 9.17) is 9.47 Å². The number of quaternary nitrogens is 1. The molecule has 3 rings (SSSR count). The predicted octanol–water partition coefficient (Wildman–Crippen LogP) is 1.29. The van der Waals surface area contributed by atoms with Crippen molar-refractivity contribution in [3.05, 3.63) is 16.0 Å². The van der Waals surface area contributed by atoms with Crippen LogP contribution in [0.3, 0.4) is 0 Å². The molecule has 0 radical (unpaired) electrons. The van der Waals surface area contributed by atoms with Crippen molar-refractivity contribution in [3.8, 4) is 0 Å². The molecule has 7 heteroatoms. The standard InChI is InChI=1S/C19H28N2O4S/c1-3-25-19(23)17-14-5-4-13(2)12-15(14)26-18(17)20-16(22)6-7-21-8-10-24-11-9-21/h13H,3-12H2,1-2H3,(H,20,22)/p+1/t13-/m0/s1. The molecule has 1 saturated heterocycles. The molecular formula is C19H29N2O4S+. The average molecular weight is 382 g/mol. The molecule has 0 aromatic carbocycles. The first-order valence-electron chi connectivity index (χ1n) is 9.61. The molecule has 1 aliphatic carbocycles. The van der Waals surface area contributed by atoms with Crippen LogP contribution in [-0.4, -0.2) is 51.3 Å². The first-order valence-corrected chi connectivity index (χ1v) is 10.4. The Morgan fingerprint density at radius 1 is 1.35 bits per heavy atom. The third kappa shape index (κ3) is 4.64. The van der Waals surface area contributed by atoms with E-state index >= 15 is 0 Å². The molecule has 1 aromatic rings. The van der Waals surface area contributed by atoms with Gasteiger partial charge in [0.25, 0.3) is 0 Å². The maximum absolute atomic E-state index is 12.5. The van der Waals surface area contributed by atoms with Gasteiger partial charge in [-0.05, 0) is 37.7 Å². The van der Waals surface area contributed by atoms with Crippen LogP contribution < -0.4 is 10.2 Å². The van der Waals surface area contributed by atoms with Crippen LogP contribution in [0.15, 0.2) is 0 Å². The van der Waals surface area contributed by atoms with Crippen molar-refractivity contribution in [2.24, 2.45) is 5.92 Å². The van der Waals surface area contributed by atoms with E-state index in [2.05, 4.69) is 12.2 Å². The summed E-state index contributed by atoms with van der Waals surface area (Å²) in [5.41, 5.74) is 1.67. The van der Waals surface area contributed by atoms with E-state index in [-0.39, 0.29) is 11.9 Å². The van der Waals surface area contributed by atoms with Gasteiger partial charge in [-0.2, -0.15) is 0 Å². The highest BCUT2D eigenvalue weighted by molar-refractivity contribution is 7.17. The lowest BCUT2D eigenvalue weighted by atomic mass is 9.88. The van der Waals surface area contributed by atoms with Crippen LogP contribution in [0, 0.1) is 5.92 Å². The number of carbonyl (C=O) groups is 2. The fraction of sp³-hybridized carbons (Fsp3) is 0.684. The second-order valence-electron chi connectivity index (χ2n) is 7.19. The molecule has 2 heterocycles. The SMILES string of the molecule is CCOC(=O)c1c(NC(=O)CC[NH+]2CCOCC2)sc2c1CC[C@H](C)C2. The van der Waals surface area contributed by atoms with Gasteiger partial charge in [-0.25, -0.2) is 4.79 Å². The fourth-order valence-electron chi connectivity index (χ4n) is 3.65. The molecule has 1 aromatic heterocycles. The number of rotatable bonds is 6. The second kappa shape index (κ2) is 8.97. The summed E-state index contributed by atoms with van der Waals surface area (Å²) < 4.78 is 10.6. The average Bonchev–Trinajstić information content (AvgIpc) is 2.98. The Morgan fingerprint density at radius 3 is 2.85 bits per heavy atom. The molecule has 0 bridgehead atoms. The molecule has 0 spiro atoms. The lowest BCUT2D eigenvalue weighted by Gasteiger charge is -2.23. The zero-order valence-electron chi connectivity index (χ0n) is 15.7. The quantitative estimate of drug-likeness (QED) is 0.729. The molecule has 26 heavy (non-hydrogen) atoms. The molecular weight excluding hydrogens is 352 g/mol. The Hall–Kier alpha value is -1.44. The summed E-state index contributed by atoms with van der Waals surface area (Å²) >= 11 is 1.55. The van der Waals surface area contributed by atoms with Gasteiger partial charge in [0.05, 0.1) is 38.3 Å². The van der Waals surface area contributed by atoms with Gasteiger partial charge in [0.15, 0.2) is 0 Å². The predicted molar refractivity (Wildman–Crippen MR) is 101 cm³/mol. The van der Waals surface area contributed by atoms with Crippen molar-refractivity contribution in [1.82, 2.24) is 0 Å². The van der Waals surface area contributed by atoms with E-state index in [1.54, 1.807) is 11.3 Å². The maximum Gasteiger partial charge on any atom is 0.341 e. The number of nitrogens with one attached hydrogen (secondary N) is 2. The second-order valence-corrected chi connectivity index (χ2v) is 8.29. The Kier molecular flexibility index (Phi) is 6.67. The third-order valence-corrected chi connectivity index (χ3v) is 6.32. The van der Waals surface area contributed by atoms with Gasteiger partial charge < -0.3 is 19.7 Å². The van der Waals surface area contributed by atoms with Crippen LogP contribution in [0.2, 0.25) is 0 Å². The van der Waals surface area contributed by atoms with E-state index < -0.39 is 0 Å². The van der Waals surface area contributed by atoms with E-state index in [1.165, 1.54) is 9.78 Å². The van der Waals surface area contributed by atoms with E-state index in [0.29, 0.717) is 29.5 Å². The number of hydrogen-bond acceptors (Lipinski definition) is 5. The summed E-state index contributed by atoms with van der Waals surface area (Å²) in [6.45, 7) is 8.61. The van der Waals surface area contributed by atoms with Crippen molar-refractivity contribution < 1.29 is 24.0 Å². The molecule has 0 unspecified atom stereocenters. The van der Waals surface area contributed by atoms with Crippen molar-refractivity contribution in [3.63, 3.8) is 0 Å². The van der Waals surface area contributed by atoms with Gasteiger partial charge >= 0.3 is 5.97 Å². The minimum absolute atomic E-state index is 0.0267. The minimum Gasteiger partial charge on any atom is -0.462 e. The smallest absolute Gasteiger partial charge is 0.341 e. The Balaban J connectivity index is 1.69. The molecule has 1 amide bonds. The summed E-state index contributed by atoms with van der Waals surface area (Å²) in [6, 6.07) is 0. The Morgan fingerprint density at radius 2 is 2.12 bits per heavy atom. The monoisotopic (exact) mass is 381 g/mol. The molecule has 6 nitrogen and oxygen atoms in total. The number of ether oxygens (including phenoxy) is 2. The molecule has 1 fully saturated rings. The van der Waals surface area contributed by atoms with Crippen LogP contribution in [0.4, 0.5) is 5.00 Å². The summed E-state index contributed by atoms with van der Waals surface area (Å²) in [5.74, 6) is 0.277. The number of fused-ring (bicyclic) bond motifs is 1. The van der Waals surface area contributed by atoms with Crippen LogP contribution in [0.1, 0.15) is 47.5 Å². The van der Waals surface area contributed by atoms with Crippen LogP contribution in [0.5, 0.6) is 0 Å². The topological polar surface area (TPSA) is 69.1 Å². The summed E-state index contributed by atoms with van der Waals surface area (Å²) in [6.07, 6.45) is 3.38. The Labute approximate surface area is 158 Å². The third-order valence-electron chi connectivity index (χ3n) is 5.15. The van der Waals surface area contributed by atoms with Crippen molar-refractivity contribution in [1.29, 1.82) is 0 Å². The minimum atomic E-state index is -0.311. The lowest BCUT2D eigenvalue weighted by molar-refractivity contribution is -0.907. The normalized spacial score (nSPS) is 20.5. The molecule has 0 saturated carbocycles. The van der Waals surface area contributed by atoms with Gasteiger partial charge in [-0.15, -0.1) is 11.3 Å². The van der Waals surface area contributed by atoms with Crippen molar-refractivity contribution >= 4 is 28.2 Å². The number of hydrogen-bond donors (Lipinski definition) is 2. The lowest BCUT2D eigenvalue weighted by Crippen LogP contribution is -3.14. The van der Waals surface area contributed by atoms with Crippen LogP contribution in [0.25, 0.3) is 0 Å². The van der Waals surface area contributed by atoms with Gasteiger partial charge in [0.1, 0.15) is 18.1 Å². The summed E-state index contributed by atoms with van der Waals surface area (Å²) in [4.78, 5) is 27.6. The zero-order chi connectivity index (χ0) is 18.5. The number of thiophene rings is 1. The highest BCUT2D eigenvalue weighted by Crippen LogP contribution is 2.40. The van der Waals surface area contributed by atoms with Gasteiger partial charge in [-0.1, -0.05) is 6.92 Å². The Bertz CT molecular complexity index is 652. The first-order chi connectivity index (χ1) is 12.6. The number of esters is 1. The van der Waals surface area contributed by atoms with Crippen molar-refractivity contribution in [2.45, 2.75) is 39.5 Å². The number of morpholine rings is 1. The molecule has 144 valence electrons. The first kappa shape index (κ1) is 19.3. The number of anilines is 1. The van der Waals surface area contributed by atoms with Gasteiger partial charge in [0, 0.05) is 4.88 Å². The summed E-state index contributed by atoms with van der Waals surface area (Å²) in [7, 11) is 0. The van der Waals surface area contributed by atoms with Crippen molar-refractivity contribution in [2.75, 3.05) is 44.8 Å². The van der Waals surface area contributed by atoms with Crippen LogP contribution >= 0.6 is 11.3 Å². The largest absolute Gasteiger partial charge is 0.462 e. The number of amides is 1. The maximum atomic E-state index is 12.5. The zero-order valence-corrected chi connectivity index (χ0v) is 16.5. The molecule has 1 aliphatic heterocycles.